The van der Waals surface area contributed by atoms with E-state index in [0.29, 0.717) is 73.2 Å². The minimum absolute atomic E-state index is 0.104. The van der Waals surface area contributed by atoms with Gasteiger partial charge in [-0.1, -0.05) is 51.3 Å². The van der Waals surface area contributed by atoms with Gasteiger partial charge in [-0.2, -0.15) is 0 Å². The summed E-state index contributed by atoms with van der Waals surface area (Å²) in [4.78, 5) is 26.2. The highest BCUT2D eigenvalue weighted by molar-refractivity contribution is 5.93. The number of carboxylic acids is 1. The van der Waals surface area contributed by atoms with Crippen LogP contribution in [0.3, 0.4) is 0 Å². The van der Waals surface area contributed by atoms with Crippen LogP contribution < -0.4 is 4.90 Å². The van der Waals surface area contributed by atoms with Gasteiger partial charge in [0, 0.05) is 43.5 Å². The number of ether oxygens (including phenoxy) is 1. The predicted octanol–water partition coefficient (Wildman–Crippen LogP) is 9.90. The standard InChI is InChI=1S/C53H73NO6/c1-7-53(59)25-23-44-41-16-11-34-28-37(55)15-18-39(34)49(41)42(31-51(44,53)4)33-9-13-36(14-10-33)54(6)26-27-60-38-22-24-50(3)35(29-38)12-17-40-45-20-19-43(32(2)8-21-48(57)58)52(45,5)47(56)30-46(40)50/h1,9-10,13-14,28,32,35,38,40-47,56,59H,8,11-12,15-27,29-31H2,2-6H3,(H,57,58)/t32-,35-,38?,40+,41+,42-,43-,44+,45+,46+,47+,50+,51+,52-,53+/m1/s1. The first kappa shape index (κ1) is 42.4. The molecule has 0 radical (unpaired) electrons. The highest BCUT2D eigenvalue weighted by Crippen LogP contribution is 2.69. The molecule has 0 saturated heterocycles. The van der Waals surface area contributed by atoms with Gasteiger partial charge in [-0.05, 0) is 189 Å². The Balaban J connectivity index is 0.827. The second-order valence-corrected chi connectivity index (χ2v) is 22.2. The third-order valence-corrected chi connectivity index (χ3v) is 19.9. The minimum Gasteiger partial charge on any atom is -0.481 e. The molecule has 0 amide bonds. The lowest BCUT2D eigenvalue weighted by Gasteiger charge is -2.62. The van der Waals surface area contributed by atoms with Gasteiger partial charge in [0.25, 0.3) is 0 Å². The average Bonchev–Trinajstić information content (AvgIpc) is 3.73. The van der Waals surface area contributed by atoms with E-state index >= 15 is 0 Å². The molecule has 7 heteroatoms. The number of anilines is 1. The van der Waals surface area contributed by atoms with Gasteiger partial charge in [0.2, 0.25) is 0 Å². The lowest BCUT2D eigenvalue weighted by molar-refractivity contribution is -0.177. The molecule has 3 N–H and O–H groups in total. The van der Waals surface area contributed by atoms with Crippen molar-refractivity contribution in [3.05, 3.63) is 52.6 Å². The fourth-order valence-corrected chi connectivity index (χ4v) is 16.5. The number of aliphatic carboxylic acids is 1. The first-order valence-electron chi connectivity index (χ1n) is 24.1. The molecule has 0 aromatic heterocycles. The van der Waals surface area contributed by atoms with Gasteiger partial charge in [0.15, 0.2) is 5.78 Å². The van der Waals surface area contributed by atoms with Crippen LogP contribution in [-0.4, -0.2) is 65.1 Å². The quantitative estimate of drug-likeness (QED) is 0.202. The summed E-state index contributed by atoms with van der Waals surface area (Å²) >= 11 is 0. The van der Waals surface area contributed by atoms with E-state index in [4.69, 9.17) is 11.2 Å². The van der Waals surface area contributed by atoms with E-state index in [1.54, 1.807) is 0 Å². The number of carboxylic acid groups (broad SMARTS) is 1. The Hall–Kier alpha value is -2.92. The summed E-state index contributed by atoms with van der Waals surface area (Å²) in [7, 11) is 2.16. The second-order valence-electron chi connectivity index (χ2n) is 22.2. The Kier molecular flexibility index (Phi) is 11.1. The number of aliphatic hydroxyl groups is 2. The molecule has 1 aromatic carbocycles. The van der Waals surface area contributed by atoms with Crippen molar-refractivity contribution in [2.45, 2.75) is 161 Å². The maximum atomic E-state index is 12.5. The number of hydrogen-bond acceptors (Lipinski definition) is 6. The molecule has 7 nitrogen and oxygen atoms in total. The van der Waals surface area contributed by atoms with Gasteiger partial charge in [0.05, 0.1) is 18.8 Å². The van der Waals surface area contributed by atoms with Crippen molar-refractivity contribution < 1.29 is 29.6 Å². The molecule has 0 heterocycles. The highest BCUT2D eigenvalue weighted by Gasteiger charge is 2.65. The Morgan fingerprint density at radius 3 is 2.50 bits per heavy atom. The van der Waals surface area contributed by atoms with Crippen LogP contribution in [0, 0.1) is 75.9 Å². The molecule has 1 aromatic rings. The van der Waals surface area contributed by atoms with E-state index in [1.807, 2.05) is 6.08 Å². The molecule has 326 valence electrons. The molecule has 0 spiro atoms. The highest BCUT2D eigenvalue weighted by atomic mass is 16.5. The molecule has 60 heavy (non-hydrogen) atoms. The van der Waals surface area contributed by atoms with Crippen LogP contribution in [0.15, 0.2) is 47.1 Å². The van der Waals surface area contributed by atoms with E-state index < -0.39 is 11.6 Å². The number of hydrogen-bond donors (Lipinski definition) is 3. The molecule has 8 aliphatic carbocycles. The van der Waals surface area contributed by atoms with Crippen LogP contribution in [0.2, 0.25) is 0 Å². The normalized spacial score (nSPS) is 43.6. The number of carbonyl (C=O) groups is 2. The van der Waals surface area contributed by atoms with Crippen LogP contribution in [0.1, 0.15) is 148 Å². The number of nitrogens with zero attached hydrogens (tertiary/aromatic N) is 1. The fourth-order valence-electron chi connectivity index (χ4n) is 16.5. The lowest BCUT2D eigenvalue weighted by atomic mass is 9.43. The Morgan fingerprint density at radius 2 is 1.75 bits per heavy atom. The first-order chi connectivity index (χ1) is 28.6. The van der Waals surface area contributed by atoms with Gasteiger partial charge in [-0.25, -0.2) is 0 Å². The summed E-state index contributed by atoms with van der Waals surface area (Å²) in [6.07, 6.45) is 23.8. The van der Waals surface area contributed by atoms with Crippen LogP contribution in [0.4, 0.5) is 5.69 Å². The Bertz CT molecular complexity index is 1950. The molecule has 6 fully saturated rings. The monoisotopic (exact) mass is 820 g/mol. The zero-order valence-electron chi connectivity index (χ0n) is 37.3. The summed E-state index contributed by atoms with van der Waals surface area (Å²) < 4.78 is 6.70. The van der Waals surface area contributed by atoms with E-state index in [2.05, 4.69) is 69.8 Å². The number of terminal acetylenes is 1. The van der Waals surface area contributed by atoms with Crippen molar-refractivity contribution in [1.29, 1.82) is 0 Å². The van der Waals surface area contributed by atoms with E-state index in [-0.39, 0.29) is 46.6 Å². The number of rotatable bonds is 10. The SMILES string of the molecule is C#C[C@]1(O)CC[C@H]2[C@@H]3CCC4=CC(=O)CCC4=C3[C@@H](c3ccc(N(C)CCOC4CC[C@@]5(C)[C@H](CC[C@@H]6[C@@H]5C[C@H](O)[C@]5(C)[C@@H]([C@H](C)CCC(=O)O)CC[C@@H]65)C4)cc3)C[C@@]21C. The zero-order valence-corrected chi connectivity index (χ0v) is 37.3. The van der Waals surface area contributed by atoms with Crippen molar-refractivity contribution in [2.24, 2.45) is 63.6 Å². The van der Waals surface area contributed by atoms with Crippen molar-refractivity contribution in [3.8, 4) is 12.3 Å². The number of carbonyl (C=O) groups excluding carboxylic acids is 1. The van der Waals surface area contributed by atoms with E-state index in [0.717, 1.165) is 64.3 Å². The van der Waals surface area contributed by atoms with Crippen LogP contribution in [0.5, 0.6) is 0 Å². The zero-order chi connectivity index (χ0) is 42.4. The third-order valence-electron chi connectivity index (χ3n) is 19.9. The first-order valence-corrected chi connectivity index (χ1v) is 24.1. The molecular formula is C53H73NO6. The molecular weight excluding hydrogens is 747 g/mol. The molecule has 0 bridgehead atoms. The molecule has 9 rings (SSSR count). The second kappa shape index (κ2) is 15.7. The lowest BCUT2D eigenvalue weighted by Crippen LogP contribution is -2.59. The summed E-state index contributed by atoms with van der Waals surface area (Å²) in [6, 6.07) is 9.12. The van der Waals surface area contributed by atoms with Gasteiger partial charge in [0.1, 0.15) is 5.60 Å². The van der Waals surface area contributed by atoms with Crippen LogP contribution >= 0.6 is 0 Å². The number of fused-ring (bicyclic) bond motifs is 9. The van der Waals surface area contributed by atoms with Gasteiger partial charge in [-0.3, -0.25) is 9.59 Å². The predicted molar refractivity (Wildman–Crippen MR) is 236 cm³/mol. The number of likely N-dealkylation sites (N-methyl/N-ethyl adjacent to an activating group) is 1. The third kappa shape index (κ3) is 6.70. The fraction of sp³-hybridized carbons (Fsp3) is 0.736. The van der Waals surface area contributed by atoms with Crippen LogP contribution in [0.25, 0.3) is 0 Å². The maximum Gasteiger partial charge on any atom is 0.303 e. The van der Waals surface area contributed by atoms with Crippen molar-refractivity contribution in [1.82, 2.24) is 0 Å². The number of aliphatic hydroxyl groups excluding tert-OH is 1. The van der Waals surface area contributed by atoms with Crippen molar-refractivity contribution >= 4 is 17.4 Å². The Morgan fingerprint density at radius 1 is 0.967 bits per heavy atom. The van der Waals surface area contributed by atoms with E-state index in [1.165, 1.54) is 53.7 Å². The van der Waals surface area contributed by atoms with Gasteiger partial charge in [-0.15, -0.1) is 6.42 Å². The molecule has 1 unspecified atom stereocenters. The Labute approximate surface area is 360 Å². The molecule has 15 atom stereocenters. The number of benzene rings is 1. The summed E-state index contributed by atoms with van der Waals surface area (Å²) in [5.74, 6) is 6.44. The molecule has 8 aliphatic rings. The minimum atomic E-state index is -1.09. The van der Waals surface area contributed by atoms with Gasteiger partial charge < -0.3 is 25.0 Å². The maximum absolute atomic E-state index is 12.5. The largest absolute Gasteiger partial charge is 0.481 e. The summed E-state index contributed by atoms with van der Waals surface area (Å²) in [5, 5.41) is 33.2. The molecule has 0 aliphatic heterocycles. The average molecular weight is 820 g/mol. The van der Waals surface area contributed by atoms with Crippen LogP contribution in [-0.2, 0) is 14.3 Å². The molecule has 6 saturated carbocycles. The summed E-state index contributed by atoms with van der Waals surface area (Å²) in [5.41, 5.74) is 5.36. The van der Waals surface area contributed by atoms with Crippen molar-refractivity contribution in [3.63, 3.8) is 0 Å². The van der Waals surface area contributed by atoms with Gasteiger partial charge >= 0.3 is 5.97 Å². The summed E-state index contributed by atoms with van der Waals surface area (Å²) in [6.45, 7) is 10.9. The number of allylic oxidation sites excluding steroid dienone is 4. The topological polar surface area (TPSA) is 107 Å². The van der Waals surface area contributed by atoms with Crippen molar-refractivity contribution in [2.75, 3.05) is 25.1 Å². The van der Waals surface area contributed by atoms with E-state index in [9.17, 15) is 24.9 Å². The number of ketones is 1. The smallest absolute Gasteiger partial charge is 0.303 e.